The molecule has 11 heteroatoms. The molecule has 11 nitrogen and oxygen atoms in total. The summed E-state index contributed by atoms with van der Waals surface area (Å²) >= 11 is 0. The molecule has 0 aromatic carbocycles. The number of primary amides is 1. The van der Waals surface area contributed by atoms with Gasteiger partial charge in [0.2, 0.25) is 5.91 Å². The summed E-state index contributed by atoms with van der Waals surface area (Å²) in [6, 6.07) is -2.64. The van der Waals surface area contributed by atoms with Crippen LogP contribution in [-0.2, 0) is 28.7 Å². The lowest BCUT2D eigenvalue weighted by Crippen LogP contribution is -2.44. The first kappa shape index (κ1) is 26.1. The number of nitrogens with two attached hydrogens (primary N) is 1. The highest BCUT2D eigenvalue weighted by Crippen LogP contribution is 2.26. The van der Waals surface area contributed by atoms with Gasteiger partial charge in [-0.3, -0.25) is 14.4 Å². The molecule has 0 saturated heterocycles. The van der Waals surface area contributed by atoms with Crippen molar-refractivity contribution < 1.29 is 38.6 Å². The average molecular weight is 441 g/mol. The summed E-state index contributed by atoms with van der Waals surface area (Å²) in [6.45, 7) is 1.34. The van der Waals surface area contributed by atoms with Crippen LogP contribution in [0.3, 0.4) is 0 Å². The van der Waals surface area contributed by atoms with E-state index in [9.17, 15) is 28.8 Å². The summed E-state index contributed by atoms with van der Waals surface area (Å²) in [4.78, 5) is 66.3. The topological polar surface area (TPSA) is 182 Å². The molecule has 2 saturated carbocycles. The first-order chi connectivity index (χ1) is 14.5. The van der Waals surface area contributed by atoms with E-state index in [1.54, 1.807) is 0 Å². The molecule has 2 rings (SSSR count). The van der Waals surface area contributed by atoms with Gasteiger partial charge < -0.3 is 26.2 Å². The van der Waals surface area contributed by atoms with Crippen LogP contribution in [-0.4, -0.2) is 59.7 Å². The van der Waals surface area contributed by atoms with Crippen LogP contribution < -0.4 is 16.4 Å². The summed E-state index contributed by atoms with van der Waals surface area (Å²) in [6.07, 6.45) is 4.74. The Morgan fingerprint density at radius 3 is 1.81 bits per heavy atom. The van der Waals surface area contributed by atoms with Gasteiger partial charge in [-0.15, -0.1) is 0 Å². The fraction of sp³-hybridized carbons (Fsp3) is 0.700. The number of amides is 3. The highest BCUT2D eigenvalue weighted by Gasteiger charge is 2.32. The normalized spacial score (nSPS) is 22.0. The number of nitrogens with one attached hydrogen (secondary N) is 2. The zero-order chi connectivity index (χ0) is 23.6. The summed E-state index contributed by atoms with van der Waals surface area (Å²) in [5.74, 6) is -2.05. The monoisotopic (exact) mass is 441 g/mol. The van der Waals surface area contributed by atoms with E-state index in [4.69, 9.17) is 10.8 Å². The second-order valence-electron chi connectivity index (χ2n) is 7.76. The Labute approximate surface area is 180 Å². The standard InChI is InChI=1S/C11H17NO4.C9H14N2O4/c1-7(13)12-9(11(15)16-2)6-8-4-3-5-10(8)14;10-9(15)11-6(8(13)14)4-5-2-1-3-7(5)12/h8-9H,3-6H2,1-2H3,(H,12,13);5-6H,1-4H2,(H,13,14)(H3,10,11,15). The molecule has 31 heavy (non-hydrogen) atoms. The first-order valence-corrected chi connectivity index (χ1v) is 10.2. The van der Waals surface area contributed by atoms with Crippen LogP contribution in [0.15, 0.2) is 0 Å². The predicted octanol–water partition coefficient (Wildman–Crippen LogP) is 0.291. The molecule has 0 aromatic rings. The molecule has 4 unspecified atom stereocenters. The van der Waals surface area contributed by atoms with Gasteiger partial charge >= 0.3 is 18.0 Å². The zero-order valence-corrected chi connectivity index (χ0v) is 17.8. The molecule has 0 heterocycles. The SMILES string of the molecule is COC(=O)C(CC1CCCC1=O)NC(C)=O.NC(=O)NC(CC1CCCC1=O)C(=O)O. The molecule has 2 aliphatic rings. The number of hydrogen-bond acceptors (Lipinski definition) is 7. The molecule has 0 bridgehead atoms. The van der Waals surface area contributed by atoms with Crippen LogP contribution in [0.25, 0.3) is 0 Å². The Morgan fingerprint density at radius 1 is 1.00 bits per heavy atom. The summed E-state index contributed by atoms with van der Waals surface area (Å²) in [5, 5.41) is 13.4. The average Bonchev–Trinajstić information content (AvgIpc) is 3.28. The van der Waals surface area contributed by atoms with E-state index in [2.05, 4.69) is 15.4 Å². The first-order valence-electron chi connectivity index (χ1n) is 10.2. The summed E-state index contributed by atoms with van der Waals surface area (Å²) in [5.41, 5.74) is 4.84. The van der Waals surface area contributed by atoms with E-state index in [0.29, 0.717) is 25.7 Å². The van der Waals surface area contributed by atoms with Crippen LogP contribution in [0.5, 0.6) is 0 Å². The molecular weight excluding hydrogens is 410 g/mol. The molecule has 0 spiro atoms. The molecule has 0 aromatic heterocycles. The highest BCUT2D eigenvalue weighted by atomic mass is 16.5. The lowest BCUT2D eigenvalue weighted by Gasteiger charge is -2.18. The number of Topliss-reactive ketones (excluding diaryl/α,β-unsaturated/α-hetero) is 2. The van der Waals surface area contributed by atoms with Crippen LogP contribution in [0.4, 0.5) is 4.79 Å². The number of carboxylic acid groups (broad SMARTS) is 1. The van der Waals surface area contributed by atoms with Gasteiger partial charge in [0.25, 0.3) is 0 Å². The summed E-state index contributed by atoms with van der Waals surface area (Å²) < 4.78 is 4.59. The molecule has 2 fully saturated rings. The van der Waals surface area contributed by atoms with Crippen molar-refractivity contribution in [3.05, 3.63) is 0 Å². The predicted molar refractivity (Wildman–Crippen MR) is 108 cm³/mol. The maximum atomic E-state index is 11.4. The van der Waals surface area contributed by atoms with Gasteiger partial charge in [0, 0.05) is 31.6 Å². The maximum absolute atomic E-state index is 11.4. The van der Waals surface area contributed by atoms with Crippen LogP contribution >= 0.6 is 0 Å². The number of aliphatic carboxylic acids is 1. The third-order valence-electron chi connectivity index (χ3n) is 5.38. The second kappa shape index (κ2) is 12.7. The minimum atomic E-state index is -1.16. The van der Waals surface area contributed by atoms with Gasteiger partial charge in [0.1, 0.15) is 23.7 Å². The smallest absolute Gasteiger partial charge is 0.328 e. The molecular formula is C20H31N3O8. The van der Waals surface area contributed by atoms with Gasteiger partial charge in [0.15, 0.2) is 0 Å². The van der Waals surface area contributed by atoms with Crippen molar-refractivity contribution in [3.63, 3.8) is 0 Å². The van der Waals surface area contributed by atoms with Crippen molar-refractivity contribution in [2.45, 2.75) is 70.4 Å². The Bertz CT molecular complexity index is 709. The van der Waals surface area contributed by atoms with Crippen LogP contribution in [0.1, 0.15) is 58.3 Å². The molecule has 0 radical (unpaired) electrons. The number of carboxylic acids is 1. The Hall–Kier alpha value is -2.98. The van der Waals surface area contributed by atoms with Crippen LogP contribution in [0, 0.1) is 11.8 Å². The minimum absolute atomic E-state index is 0.0764. The van der Waals surface area contributed by atoms with Gasteiger partial charge in [-0.05, 0) is 38.5 Å². The molecule has 4 atom stereocenters. The quantitative estimate of drug-likeness (QED) is 0.387. The third kappa shape index (κ3) is 9.14. The molecule has 5 N–H and O–H groups in total. The minimum Gasteiger partial charge on any atom is -0.480 e. The number of urea groups is 1. The van der Waals surface area contributed by atoms with E-state index in [1.165, 1.54) is 14.0 Å². The van der Waals surface area contributed by atoms with Crippen molar-refractivity contribution in [1.82, 2.24) is 10.6 Å². The molecule has 2 aliphatic carbocycles. The van der Waals surface area contributed by atoms with Gasteiger partial charge in [-0.1, -0.05) is 0 Å². The van der Waals surface area contributed by atoms with E-state index >= 15 is 0 Å². The van der Waals surface area contributed by atoms with Crippen molar-refractivity contribution >= 4 is 35.4 Å². The number of ether oxygens (including phenoxy) is 1. The third-order valence-corrected chi connectivity index (χ3v) is 5.38. The number of methoxy groups -OCH3 is 1. The number of esters is 1. The van der Waals surface area contributed by atoms with Gasteiger partial charge in [0.05, 0.1) is 7.11 Å². The van der Waals surface area contributed by atoms with Gasteiger partial charge in [-0.25, -0.2) is 14.4 Å². The fourth-order valence-corrected chi connectivity index (χ4v) is 3.84. The fourth-order valence-electron chi connectivity index (χ4n) is 3.84. The lowest BCUT2D eigenvalue weighted by atomic mass is 9.97. The van der Waals surface area contributed by atoms with E-state index in [1.807, 2.05) is 0 Å². The Morgan fingerprint density at radius 2 is 1.48 bits per heavy atom. The van der Waals surface area contributed by atoms with Crippen LogP contribution in [0.2, 0.25) is 0 Å². The van der Waals surface area contributed by atoms with E-state index in [-0.39, 0.29) is 35.7 Å². The van der Waals surface area contributed by atoms with Crippen molar-refractivity contribution in [2.24, 2.45) is 17.6 Å². The number of carbonyl (C=O) groups is 6. The zero-order valence-electron chi connectivity index (χ0n) is 17.8. The van der Waals surface area contributed by atoms with E-state index < -0.39 is 30.1 Å². The highest BCUT2D eigenvalue weighted by molar-refractivity contribution is 5.87. The van der Waals surface area contributed by atoms with Crippen molar-refractivity contribution in [3.8, 4) is 0 Å². The largest absolute Gasteiger partial charge is 0.480 e. The number of carbonyl (C=O) groups excluding carboxylic acids is 5. The number of hydrogen-bond donors (Lipinski definition) is 4. The molecule has 0 aliphatic heterocycles. The molecule has 3 amide bonds. The Balaban J connectivity index is 0.000000311. The van der Waals surface area contributed by atoms with E-state index in [0.717, 1.165) is 19.3 Å². The van der Waals surface area contributed by atoms with Crippen molar-refractivity contribution in [1.29, 1.82) is 0 Å². The number of rotatable bonds is 8. The second-order valence-corrected chi connectivity index (χ2v) is 7.76. The maximum Gasteiger partial charge on any atom is 0.328 e. The molecule has 174 valence electrons. The summed E-state index contributed by atoms with van der Waals surface area (Å²) in [7, 11) is 1.27. The number of ketones is 2. The Kier molecular flexibility index (Phi) is 10.6. The van der Waals surface area contributed by atoms with Gasteiger partial charge in [-0.2, -0.15) is 0 Å². The van der Waals surface area contributed by atoms with Crippen molar-refractivity contribution in [2.75, 3.05) is 7.11 Å². The lowest BCUT2D eigenvalue weighted by molar-refractivity contribution is -0.145.